The van der Waals surface area contributed by atoms with Gasteiger partial charge in [-0.1, -0.05) is 107 Å². The van der Waals surface area contributed by atoms with Gasteiger partial charge in [-0.05, 0) is 75.0 Å². The van der Waals surface area contributed by atoms with Crippen LogP contribution in [0.4, 0.5) is 0 Å². The largest absolute Gasteiger partial charge is 0.465 e. The predicted octanol–water partition coefficient (Wildman–Crippen LogP) is 11.0. The van der Waals surface area contributed by atoms with Gasteiger partial charge in [0.15, 0.2) is 16.6 Å². The highest BCUT2D eigenvalue weighted by Gasteiger charge is 2.49. The van der Waals surface area contributed by atoms with Crippen molar-refractivity contribution in [1.29, 1.82) is 0 Å². The minimum atomic E-state index is -2.34. The summed E-state index contributed by atoms with van der Waals surface area (Å²) >= 11 is 0. The number of hydrogen-bond acceptors (Lipinski definition) is 4. The van der Waals surface area contributed by atoms with Crippen molar-refractivity contribution >= 4 is 31.2 Å². The molecular formula is C31H68O4Si3. The molecule has 0 heterocycles. The Morgan fingerprint density at radius 2 is 0.974 bits per heavy atom. The maximum absolute atomic E-state index is 12.6. The van der Waals surface area contributed by atoms with Crippen LogP contribution < -0.4 is 0 Å². The van der Waals surface area contributed by atoms with E-state index in [1.807, 2.05) is 13.8 Å². The Balaban J connectivity index is 6.02. The highest BCUT2D eigenvalue weighted by atomic mass is 28.5. The molecule has 0 bridgehead atoms. The number of carbonyl (C=O) groups excluding carboxylic acids is 1. The molecule has 0 atom stereocenters. The molecule has 0 radical (unpaired) electrons. The lowest BCUT2D eigenvalue weighted by atomic mass is 9.91. The Labute approximate surface area is 242 Å². The highest BCUT2D eigenvalue weighted by molar-refractivity contribution is 6.90. The quantitative estimate of drug-likeness (QED) is 0.0604. The van der Waals surface area contributed by atoms with Gasteiger partial charge in [-0.15, -0.1) is 0 Å². The molecule has 0 aliphatic carbocycles. The number of ether oxygens (including phenoxy) is 1. The number of carbonyl (C=O) groups is 1. The van der Waals surface area contributed by atoms with Crippen LogP contribution in [-0.4, -0.2) is 37.8 Å². The minimum absolute atomic E-state index is 0.0631. The van der Waals surface area contributed by atoms with Crippen LogP contribution in [-0.2, 0) is 17.8 Å². The Bertz CT molecular complexity index is 580. The molecule has 0 aromatic rings. The van der Waals surface area contributed by atoms with Gasteiger partial charge in [-0.25, -0.2) is 0 Å². The molecule has 0 fully saturated rings. The van der Waals surface area contributed by atoms with Gasteiger partial charge in [-0.3, -0.25) is 4.79 Å². The number of unbranched alkanes of at least 4 members (excludes halogenated alkanes) is 3. The van der Waals surface area contributed by atoms with E-state index in [2.05, 4.69) is 55.4 Å². The van der Waals surface area contributed by atoms with Crippen LogP contribution >= 0.6 is 0 Å². The first kappa shape index (κ1) is 38.0. The van der Waals surface area contributed by atoms with E-state index in [1.165, 1.54) is 68.7 Å². The van der Waals surface area contributed by atoms with E-state index in [-0.39, 0.29) is 5.97 Å². The molecule has 0 unspecified atom stereocenters. The van der Waals surface area contributed by atoms with Gasteiger partial charge in [-0.2, -0.15) is 0 Å². The third-order valence-electron chi connectivity index (χ3n) is 8.70. The highest BCUT2D eigenvalue weighted by Crippen LogP contribution is 2.39. The minimum Gasteiger partial charge on any atom is -0.465 e. The van der Waals surface area contributed by atoms with Crippen molar-refractivity contribution < 1.29 is 17.8 Å². The Morgan fingerprint density at radius 3 is 1.32 bits per heavy atom. The summed E-state index contributed by atoms with van der Waals surface area (Å²) in [6.45, 7) is 22.8. The topological polar surface area (TPSA) is 44.8 Å². The first-order chi connectivity index (χ1) is 18.0. The van der Waals surface area contributed by atoms with Gasteiger partial charge >= 0.3 is 14.5 Å². The van der Waals surface area contributed by atoms with Crippen LogP contribution in [0.2, 0.25) is 48.4 Å². The lowest BCUT2D eigenvalue weighted by Crippen LogP contribution is -2.58. The summed E-state index contributed by atoms with van der Waals surface area (Å²) in [4.78, 5) is 12.6. The van der Waals surface area contributed by atoms with Crippen molar-refractivity contribution in [2.24, 2.45) is 5.41 Å². The summed E-state index contributed by atoms with van der Waals surface area (Å²) in [5.74, 6) is -0.0631. The second-order valence-electron chi connectivity index (χ2n) is 12.5. The van der Waals surface area contributed by atoms with Gasteiger partial charge in [0.1, 0.15) is 0 Å². The molecular weight excluding hydrogens is 521 g/mol. The number of rotatable bonds is 25. The van der Waals surface area contributed by atoms with E-state index in [9.17, 15) is 4.79 Å². The van der Waals surface area contributed by atoms with Gasteiger partial charge < -0.3 is 13.0 Å². The van der Waals surface area contributed by atoms with E-state index in [1.54, 1.807) is 0 Å². The van der Waals surface area contributed by atoms with Gasteiger partial charge in [0.05, 0.1) is 12.0 Å². The summed E-state index contributed by atoms with van der Waals surface area (Å²) in [6.07, 6.45) is 11.7. The van der Waals surface area contributed by atoms with Crippen LogP contribution in [0.5, 0.6) is 0 Å². The molecule has 0 saturated carbocycles. The zero-order valence-electron chi connectivity index (χ0n) is 27.6. The molecule has 0 aromatic heterocycles. The maximum atomic E-state index is 12.6. The molecule has 0 spiro atoms. The monoisotopic (exact) mass is 588 g/mol. The van der Waals surface area contributed by atoms with Crippen molar-refractivity contribution in [2.75, 3.05) is 6.61 Å². The molecule has 0 aromatic carbocycles. The fourth-order valence-corrected chi connectivity index (χ4v) is 24.9. The molecule has 0 saturated heterocycles. The molecule has 0 aliphatic rings. The van der Waals surface area contributed by atoms with Crippen LogP contribution in [0.15, 0.2) is 0 Å². The fourth-order valence-electron chi connectivity index (χ4n) is 5.71. The SMILES string of the molecule is CCCC[Si](CCCC)(CCCC)O[Si](CC)(CC)O[Si](CCC)(CCC)CCCOC(=O)C(C)(C)CC. The fraction of sp³-hybridized carbons (Fsp3) is 0.968. The van der Waals surface area contributed by atoms with Crippen molar-refractivity contribution in [3.63, 3.8) is 0 Å². The summed E-state index contributed by atoms with van der Waals surface area (Å²) in [7, 11) is -6.24. The van der Waals surface area contributed by atoms with Crippen LogP contribution in [0.1, 0.15) is 133 Å². The summed E-state index contributed by atoms with van der Waals surface area (Å²) in [5, 5.41) is 0. The lowest BCUT2D eigenvalue weighted by Gasteiger charge is -2.47. The van der Waals surface area contributed by atoms with Crippen molar-refractivity contribution in [3.05, 3.63) is 0 Å². The average molecular weight is 589 g/mol. The second kappa shape index (κ2) is 20.0. The number of hydrogen-bond donors (Lipinski definition) is 0. The van der Waals surface area contributed by atoms with Crippen LogP contribution in [0.3, 0.4) is 0 Å². The first-order valence-corrected chi connectivity index (χ1v) is 23.9. The van der Waals surface area contributed by atoms with E-state index in [0.29, 0.717) is 6.61 Å². The van der Waals surface area contributed by atoms with Crippen LogP contribution in [0, 0.1) is 5.41 Å². The van der Waals surface area contributed by atoms with E-state index in [4.69, 9.17) is 13.0 Å². The zero-order chi connectivity index (χ0) is 29.1. The summed E-state index contributed by atoms with van der Waals surface area (Å²) < 4.78 is 21.1. The Morgan fingerprint density at radius 1 is 0.579 bits per heavy atom. The van der Waals surface area contributed by atoms with Gasteiger partial charge in [0, 0.05) is 0 Å². The molecule has 7 heteroatoms. The van der Waals surface area contributed by atoms with E-state index >= 15 is 0 Å². The molecule has 0 rings (SSSR count). The van der Waals surface area contributed by atoms with Crippen molar-refractivity contribution in [2.45, 2.75) is 182 Å². The molecule has 228 valence electrons. The van der Waals surface area contributed by atoms with Gasteiger partial charge in [0.25, 0.3) is 0 Å². The molecule has 4 nitrogen and oxygen atoms in total. The molecule has 38 heavy (non-hydrogen) atoms. The number of esters is 1. The Kier molecular flexibility index (Phi) is 20.0. The first-order valence-electron chi connectivity index (χ1n) is 16.6. The van der Waals surface area contributed by atoms with Crippen LogP contribution in [0.25, 0.3) is 0 Å². The van der Waals surface area contributed by atoms with E-state index < -0.39 is 30.6 Å². The van der Waals surface area contributed by atoms with Gasteiger partial charge in [0.2, 0.25) is 0 Å². The normalized spacial score (nSPS) is 13.2. The maximum Gasteiger partial charge on any atom is 0.317 e. The van der Waals surface area contributed by atoms with Crippen molar-refractivity contribution in [1.82, 2.24) is 0 Å². The molecule has 0 aliphatic heterocycles. The van der Waals surface area contributed by atoms with Crippen molar-refractivity contribution in [3.8, 4) is 0 Å². The average Bonchev–Trinajstić information content (AvgIpc) is 2.91. The smallest absolute Gasteiger partial charge is 0.317 e. The molecule has 0 amide bonds. The van der Waals surface area contributed by atoms with E-state index in [0.717, 1.165) is 43.8 Å². The standard InChI is InChI=1S/C31H68O4Si3/c1-11-19-26-37(27-20-12-2,28-21-13-3)35-38(17-7,18-8)34-36(24-14-4,25-15-5)29-22-23-33-30(32)31(9,10)16-6/h11-29H2,1-10H3. The third-order valence-corrected chi connectivity index (χ3v) is 25.2. The summed E-state index contributed by atoms with van der Waals surface area (Å²) in [6, 6.07) is 9.51. The Hall–Kier alpha value is 0.0406. The predicted molar refractivity (Wildman–Crippen MR) is 174 cm³/mol. The molecule has 0 N–H and O–H groups in total. The third kappa shape index (κ3) is 13.1. The lowest BCUT2D eigenvalue weighted by molar-refractivity contribution is -0.154. The zero-order valence-corrected chi connectivity index (χ0v) is 30.6. The summed E-state index contributed by atoms with van der Waals surface area (Å²) in [5.41, 5.74) is -0.401. The second-order valence-corrected chi connectivity index (χ2v) is 25.1.